The first kappa shape index (κ1) is 15.5. The first-order valence-electron chi connectivity index (χ1n) is 6.86. The molecule has 7 nitrogen and oxygen atoms in total. The Balaban J connectivity index is 1.96. The molecule has 114 valence electrons. The van der Waals surface area contributed by atoms with Crippen molar-refractivity contribution in [3.63, 3.8) is 0 Å². The van der Waals surface area contributed by atoms with Crippen molar-refractivity contribution in [3.8, 4) is 6.07 Å². The fraction of sp³-hybridized carbons (Fsp3) is 0.571. The number of primary amides is 1. The summed E-state index contributed by atoms with van der Waals surface area (Å²) in [7, 11) is 2.04. The molecular formula is C14H20N4O3. The molecule has 0 spiro atoms. The van der Waals surface area contributed by atoms with Crippen LogP contribution in [-0.4, -0.2) is 61.6 Å². The minimum Gasteiger partial charge on any atom is -0.449 e. The van der Waals surface area contributed by atoms with Crippen molar-refractivity contribution in [2.75, 3.05) is 39.8 Å². The summed E-state index contributed by atoms with van der Waals surface area (Å²) in [6.07, 6.45) is 0.0356. The Bertz CT molecular complexity index is 523. The maximum atomic E-state index is 11.2. The quantitative estimate of drug-likeness (QED) is 0.778. The zero-order valence-electron chi connectivity index (χ0n) is 12.1. The molecule has 0 bridgehead atoms. The third-order valence-electron chi connectivity index (χ3n) is 3.33. The first-order valence-corrected chi connectivity index (χ1v) is 6.86. The fourth-order valence-corrected chi connectivity index (χ4v) is 2.41. The topological polar surface area (TPSA) is 95.7 Å². The monoisotopic (exact) mass is 292 g/mol. The number of carbonyl (C=O) groups is 1. The number of rotatable bonds is 6. The van der Waals surface area contributed by atoms with Crippen LogP contribution < -0.4 is 5.73 Å². The number of likely N-dealkylation sites (N-methyl/N-ethyl adjacent to an activating group) is 1. The summed E-state index contributed by atoms with van der Waals surface area (Å²) >= 11 is 0. The zero-order valence-corrected chi connectivity index (χ0v) is 12.1. The molecule has 0 unspecified atom stereocenters. The molecule has 2 N–H and O–H groups in total. The molecule has 2 heterocycles. The molecule has 21 heavy (non-hydrogen) atoms. The molecule has 0 aliphatic carbocycles. The Morgan fingerprint density at radius 1 is 1.62 bits per heavy atom. The molecule has 1 aromatic rings. The van der Waals surface area contributed by atoms with Gasteiger partial charge in [-0.25, -0.2) is 0 Å². The number of nitriles is 1. The third kappa shape index (κ3) is 4.86. The molecular weight excluding hydrogens is 272 g/mol. The first-order chi connectivity index (χ1) is 10.1. The van der Waals surface area contributed by atoms with Gasteiger partial charge in [-0.15, -0.1) is 0 Å². The van der Waals surface area contributed by atoms with Gasteiger partial charge in [-0.1, -0.05) is 0 Å². The van der Waals surface area contributed by atoms with Crippen LogP contribution in [0.3, 0.4) is 0 Å². The van der Waals surface area contributed by atoms with E-state index >= 15 is 0 Å². The number of ether oxygens (including phenoxy) is 1. The van der Waals surface area contributed by atoms with Crippen LogP contribution in [0.5, 0.6) is 0 Å². The molecule has 0 aromatic carbocycles. The standard InChI is InChI=1S/C14H20N4O3/c1-17-4-5-20-13(7-17)9-18(10-14(16)19)8-12-3-2-11(6-15)21-12/h2-3,13H,4-5,7-10H2,1H3,(H2,16,19)/t13-/m1/s1. The number of hydrogen-bond acceptors (Lipinski definition) is 6. The molecule has 7 heteroatoms. The summed E-state index contributed by atoms with van der Waals surface area (Å²) < 4.78 is 11.1. The van der Waals surface area contributed by atoms with Crippen molar-refractivity contribution >= 4 is 5.91 Å². The Morgan fingerprint density at radius 2 is 2.43 bits per heavy atom. The van der Waals surface area contributed by atoms with Crippen molar-refractivity contribution in [1.82, 2.24) is 9.80 Å². The Morgan fingerprint density at radius 3 is 3.05 bits per heavy atom. The van der Waals surface area contributed by atoms with E-state index in [9.17, 15) is 4.79 Å². The van der Waals surface area contributed by atoms with Gasteiger partial charge in [0.2, 0.25) is 11.7 Å². The van der Waals surface area contributed by atoms with E-state index in [0.717, 1.165) is 13.1 Å². The van der Waals surface area contributed by atoms with Crippen molar-refractivity contribution in [2.45, 2.75) is 12.6 Å². The van der Waals surface area contributed by atoms with Crippen molar-refractivity contribution in [1.29, 1.82) is 5.26 Å². The van der Waals surface area contributed by atoms with Crippen LogP contribution in [0.2, 0.25) is 0 Å². The maximum Gasteiger partial charge on any atom is 0.231 e. The van der Waals surface area contributed by atoms with Gasteiger partial charge in [0.25, 0.3) is 0 Å². The average molecular weight is 292 g/mol. The fourth-order valence-electron chi connectivity index (χ4n) is 2.41. The smallest absolute Gasteiger partial charge is 0.231 e. The summed E-state index contributed by atoms with van der Waals surface area (Å²) in [5.74, 6) is 0.501. The van der Waals surface area contributed by atoms with Crippen molar-refractivity contribution in [2.24, 2.45) is 5.73 Å². The van der Waals surface area contributed by atoms with Crippen LogP contribution >= 0.6 is 0 Å². The lowest BCUT2D eigenvalue weighted by molar-refractivity contribution is -0.120. The minimum atomic E-state index is -0.397. The Labute approximate surface area is 123 Å². The molecule has 0 radical (unpaired) electrons. The van der Waals surface area contributed by atoms with Crippen molar-refractivity contribution in [3.05, 3.63) is 23.7 Å². The van der Waals surface area contributed by atoms with E-state index in [1.54, 1.807) is 12.1 Å². The molecule has 1 amide bonds. The van der Waals surface area contributed by atoms with Crippen LogP contribution in [0.4, 0.5) is 0 Å². The predicted octanol–water partition coefficient (Wildman–Crippen LogP) is -0.231. The van der Waals surface area contributed by atoms with Crippen molar-refractivity contribution < 1.29 is 13.9 Å². The van der Waals surface area contributed by atoms with Crippen LogP contribution in [-0.2, 0) is 16.1 Å². The Kier molecular flexibility index (Phi) is 5.33. The number of furan rings is 1. The summed E-state index contributed by atoms with van der Waals surface area (Å²) in [5.41, 5.74) is 5.30. The maximum absolute atomic E-state index is 11.2. The summed E-state index contributed by atoms with van der Waals surface area (Å²) in [4.78, 5) is 15.3. The van der Waals surface area contributed by atoms with Gasteiger partial charge in [-0.05, 0) is 19.2 Å². The number of carbonyl (C=O) groups excluding carboxylic acids is 1. The molecule has 1 saturated heterocycles. The van der Waals surface area contributed by atoms with Gasteiger partial charge in [0, 0.05) is 19.6 Å². The van der Waals surface area contributed by atoms with E-state index in [-0.39, 0.29) is 18.4 Å². The average Bonchev–Trinajstić information content (AvgIpc) is 2.85. The molecule has 1 aliphatic heterocycles. The third-order valence-corrected chi connectivity index (χ3v) is 3.33. The summed E-state index contributed by atoms with van der Waals surface area (Å²) in [5, 5.41) is 8.76. The van der Waals surface area contributed by atoms with Crippen LogP contribution in [0, 0.1) is 11.3 Å². The predicted molar refractivity (Wildman–Crippen MR) is 75.1 cm³/mol. The highest BCUT2D eigenvalue weighted by atomic mass is 16.5. The molecule has 1 fully saturated rings. The molecule has 1 aliphatic rings. The number of nitrogens with two attached hydrogens (primary N) is 1. The second-order valence-corrected chi connectivity index (χ2v) is 5.27. The number of amides is 1. The van der Waals surface area contributed by atoms with Crippen LogP contribution in [0.1, 0.15) is 11.5 Å². The highest BCUT2D eigenvalue weighted by Crippen LogP contribution is 2.12. The lowest BCUT2D eigenvalue weighted by atomic mass is 10.2. The molecule has 0 saturated carbocycles. The van der Waals surface area contributed by atoms with Gasteiger partial charge in [-0.2, -0.15) is 5.26 Å². The van der Waals surface area contributed by atoms with Gasteiger partial charge < -0.3 is 19.8 Å². The lowest BCUT2D eigenvalue weighted by Gasteiger charge is -2.33. The van der Waals surface area contributed by atoms with Crippen LogP contribution in [0.25, 0.3) is 0 Å². The van der Waals surface area contributed by atoms with E-state index in [2.05, 4.69) is 4.90 Å². The normalized spacial score (nSPS) is 19.6. The summed E-state index contributed by atoms with van der Waals surface area (Å²) in [6, 6.07) is 5.29. The highest BCUT2D eigenvalue weighted by Gasteiger charge is 2.22. The van der Waals surface area contributed by atoms with Gasteiger partial charge in [0.1, 0.15) is 11.8 Å². The lowest BCUT2D eigenvalue weighted by Crippen LogP contribution is -2.47. The molecule has 2 rings (SSSR count). The zero-order chi connectivity index (χ0) is 15.2. The Hall–Kier alpha value is -1.88. The number of hydrogen-bond donors (Lipinski definition) is 1. The second-order valence-electron chi connectivity index (χ2n) is 5.27. The van der Waals surface area contributed by atoms with Gasteiger partial charge in [0.15, 0.2) is 0 Å². The van der Waals surface area contributed by atoms with E-state index in [1.807, 2.05) is 18.0 Å². The largest absolute Gasteiger partial charge is 0.449 e. The minimum absolute atomic E-state index is 0.0356. The van der Waals surface area contributed by atoms with Gasteiger partial charge in [-0.3, -0.25) is 9.69 Å². The number of nitrogens with zero attached hydrogens (tertiary/aromatic N) is 3. The second kappa shape index (κ2) is 7.22. The van der Waals surface area contributed by atoms with E-state index < -0.39 is 5.91 Å². The molecule has 1 aromatic heterocycles. The van der Waals surface area contributed by atoms with Crippen LogP contribution in [0.15, 0.2) is 16.5 Å². The highest BCUT2D eigenvalue weighted by molar-refractivity contribution is 5.75. The summed E-state index contributed by atoms with van der Waals surface area (Å²) in [6.45, 7) is 3.56. The van der Waals surface area contributed by atoms with E-state index in [0.29, 0.717) is 25.5 Å². The SMILES string of the molecule is CN1CCO[C@@H](CN(CC(N)=O)Cc2ccc(C#N)o2)C1. The number of morpholine rings is 1. The van der Waals surface area contributed by atoms with E-state index in [4.69, 9.17) is 20.1 Å². The van der Waals surface area contributed by atoms with Gasteiger partial charge >= 0.3 is 0 Å². The van der Waals surface area contributed by atoms with E-state index in [1.165, 1.54) is 0 Å². The van der Waals surface area contributed by atoms with Gasteiger partial charge in [0.05, 0.1) is 25.8 Å². The molecule has 1 atom stereocenters.